The highest BCUT2D eigenvalue weighted by Gasteiger charge is 2.42. The minimum Gasteiger partial charge on any atom is -0.377 e. The van der Waals surface area contributed by atoms with E-state index in [1.807, 2.05) is 18.7 Å². The van der Waals surface area contributed by atoms with E-state index in [9.17, 15) is 0 Å². The number of methoxy groups -OCH3 is 1. The number of nitrogens with two attached hydrogens (primary N) is 1. The van der Waals surface area contributed by atoms with Crippen LogP contribution in [-0.4, -0.2) is 28.5 Å². The normalized spacial score (nSPS) is 20.5. The average Bonchev–Trinajstić information content (AvgIpc) is 2.44. The van der Waals surface area contributed by atoms with Crippen molar-refractivity contribution in [2.45, 2.75) is 44.2 Å². The van der Waals surface area contributed by atoms with E-state index in [1.54, 1.807) is 7.11 Å². The van der Waals surface area contributed by atoms with Crippen molar-refractivity contribution in [3.8, 4) is 0 Å². The van der Waals surface area contributed by atoms with Gasteiger partial charge >= 0.3 is 0 Å². The van der Waals surface area contributed by atoms with Crippen molar-refractivity contribution in [3.05, 3.63) is 17.5 Å². The van der Waals surface area contributed by atoms with E-state index < -0.39 is 0 Å². The molecule has 1 unspecified atom stereocenters. The highest BCUT2D eigenvalue weighted by Crippen LogP contribution is 2.38. The van der Waals surface area contributed by atoms with Crippen LogP contribution >= 0.6 is 0 Å². The maximum atomic E-state index is 6.27. The number of hydrogen-bond acceptors (Lipinski definition) is 3. The number of nitrogens with zero attached hydrogens (tertiary/aromatic N) is 2. The molecule has 1 saturated carbocycles. The third kappa shape index (κ3) is 1.87. The summed E-state index contributed by atoms with van der Waals surface area (Å²) in [7, 11) is 3.74. The molecule has 0 spiro atoms. The molecule has 0 bridgehead atoms. The molecule has 2 N–H and O–H groups in total. The van der Waals surface area contributed by atoms with Gasteiger partial charge in [0.05, 0.1) is 11.3 Å². The van der Waals surface area contributed by atoms with Gasteiger partial charge in [0.1, 0.15) is 0 Å². The number of aryl methyl sites for hydroxylation is 2. The fourth-order valence-corrected chi connectivity index (χ4v) is 2.52. The summed E-state index contributed by atoms with van der Waals surface area (Å²) < 4.78 is 7.51. The van der Waals surface area contributed by atoms with Crippen LogP contribution in [0.1, 0.15) is 30.7 Å². The van der Waals surface area contributed by atoms with E-state index in [0.717, 1.165) is 25.0 Å². The fourth-order valence-electron chi connectivity index (χ4n) is 2.52. The third-order valence-electron chi connectivity index (χ3n) is 3.81. The van der Waals surface area contributed by atoms with Gasteiger partial charge in [-0.3, -0.25) is 4.68 Å². The summed E-state index contributed by atoms with van der Waals surface area (Å²) in [5.74, 6) is 0. The number of aromatic nitrogens is 2. The van der Waals surface area contributed by atoms with Gasteiger partial charge in [0, 0.05) is 32.3 Å². The predicted molar refractivity (Wildman–Crippen MR) is 63.2 cm³/mol. The monoisotopic (exact) mass is 223 g/mol. The molecule has 0 radical (unpaired) electrons. The summed E-state index contributed by atoms with van der Waals surface area (Å²) in [6.07, 6.45) is 4.24. The lowest BCUT2D eigenvalue weighted by atomic mass is 9.73. The quantitative estimate of drug-likeness (QED) is 0.833. The molecule has 0 aliphatic heterocycles. The highest BCUT2D eigenvalue weighted by molar-refractivity contribution is 5.12. The van der Waals surface area contributed by atoms with E-state index in [4.69, 9.17) is 10.5 Å². The molecule has 1 aliphatic rings. The molecular weight excluding hydrogens is 202 g/mol. The Morgan fingerprint density at radius 2 is 2.31 bits per heavy atom. The molecule has 16 heavy (non-hydrogen) atoms. The first-order valence-electron chi connectivity index (χ1n) is 5.88. The molecule has 2 rings (SSSR count). The van der Waals surface area contributed by atoms with E-state index in [2.05, 4.69) is 11.2 Å². The Balaban J connectivity index is 2.07. The Labute approximate surface area is 96.8 Å². The van der Waals surface area contributed by atoms with Gasteiger partial charge in [0.2, 0.25) is 0 Å². The zero-order valence-corrected chi connectivity index (χ0v) is 10.4. The first-order chi connectivity index (χ1) is 7.57. The SMILES string of the molecule is COC1(C(N)Cc2cc(C)nn2C)CCC1. The van der Waals surface area contributed by atoms with E-state index >= 15 is 0 Å². The molecule has 1 aliphatic carbocycles. The zero-order chi connectivity index (χ0) is 11.8. The fraction of sp³-hybridized carbons (Fsp3) is 0.750. The largest absolute Gasteiger partial charge is 0.377 e. The van der Waals surface area contributed by atoms with Crippen molar-refractivity contribution in [2.75, 3.05) is 7.11 Å². The van der Waals surface area contributed by atoms with Crippen LogP contribution in [0.15, 0.2) is 6.07 Å². The Morgan fingerprint density at radius 3 is 2.69 bits per heavy atom. The Kier molecular flexibility index (Phi) is 3.04. The van der Waals surface area contributed by atoms with Crippen LogP contribution in [0.3, 0.4) is 0 Å². The van der Waals surface area contributed by atoms with Crippen molar-refractivity contribution in [3.63, 3.8) is 0 Å². The Hall–Kier alpha value is -0.870. The van der Waals surface area contributed by atoms with Crippen LogP contribution in [0, 0.1) is 6.92 Å². The molecule has 0 aromatic carbocycles. The number of rotatable bonds is 4. The van der Waals surface area contributed by atoms with Gasteiger partial charge in [-0.05, 0) is 32.3 Å². The van der Waals surface area contributed by atoms with E-state index in [0.29, 0.717) is 0 Å². The van der Waals surface area contributed by atoms with Crippen molar-refractivity contribution in [1.29, 1.82) is 0 Å². The van der Waals surface area contributed by atoms with Gasteiger partial charge in [-0.15, -0.1) is 0 Å². The first kappa shape index (κ1) is 11.6. The average molecular weight is 223 g/mol. The van der Waals surface area contributed by atoms with Gasteiger partial charge in [-0.25, -0.2) is 0 Å². The van der Waals surface area contributed by atoms with Gasteiger partial charge < -0.3 is 10.5 Å². The molecule has 0 amide bonds. The molecule has 1 heterocycles. The lowest BCUT2D eigenvalue weighted by Gasteiger charge is -2.45. The highest BCUT2D eigenvalue weighted by atomic mass is 16.5. The van der Waals surface area contributed by atoms with Crippen molar-refractivity contribution < 1.29 is 4.74 Å². The van der Waals surface area contributed by atoms with E-state index in [1.165, 1.54) is 12.1 Å². The van der Waals surface area contributed by atoms with Gasteiger partial charge in [0.25, 0.3) is 0 Å². The standard InChI is InChI=1S/C12H21N3O/c1-9-7-10(15(2)14-9)8-11(13)12(16-3)5-4-6-12/h7,11H,4-6,8,13H2,1-3H3. The molecule has 90 valence electrons. The smallest absolute Gasteiger partial charge is 0.0832 e. The minimum atomic E-state index is -0.0851. The lowest BCUT2D eigenvalue weighted by molar-refractivity contribution is -0.0899. The molecule has 1 aromatic heterocycles. The second-order valence-electron chi connectivity index (χ2n) is 4.83. The predicted octanol–water partition coefficient (Wildman–Crippen LogP) is 1.17. The molecule has 4 heteroatoms. The van der Waals surface area contributed by atoms with Crippen molar-refractivity contribution >= 4 is 0 Å². The number of hydrogen-bond donors (Lipinski definition) is 1. The molecule has 1 atom stereocenters. The molecular formula is C12H21N3O. The maximum Gasteiger partial charge on any atom is 0.0832 e. The summed E-state index contributed by atoms with van der Waals surface area (Å²) in [6, 6.07) is 2.17. The van der Waals surface area contributed by atoms with Crippen LogP contribution in [-0.2, 0) is 18.2 Å². The second kappa shape index (κ2) is 4.18. The molecule has 1 aromatic rings. The molecule has 1 fully saturated rings. The molecule has 0 saturated heterocycles. The topological polar surface area (TPSA) is 53.1 Å². The molecule has 4 nitrogen and oxygen atoms in total. The first-order valence-corrected chi connectivity index (χ1v) is 5.88. The summed E-state index contributed by atoms with van der Waals surface area (Å²) in [5.41, 5.74) is 8.42. The summed E-state index contributed by atoms with van der Waals surface area (Å²) in [5, 5.41) is 4.34. The summed E-state index contributed by atoms with van der Waals surface area (Å²) >= 11 is 0. The van der Waals surface area contributed by atoms with Crippen molar-refractivity contribution in [2.24, 2.45) is 12.8 Å². The lowest BCUT2D eigenvalue weighted by Crippen LogP contribution is -2.55. The van der Waals surface area contributed by atoms with Gasteiger partial charge in [0.15, 0.2) is 0 Å². The summed E-state index contributed by atoms with van der Waals surface area (Å²) in [6.45, 7) is 2.00. The van der Waals surface area contributed by atoms with Crippen LogP contribution in [0.25, 0.3) is 0 Å². The number of ether oxygens (including phenoxy) is 1. The Bertz CT molecular complexity index is 363. The van der Waals surface area contributed by atoms with Gasteiger partial charge in [-0.1, -0.05) is 0 Å². The van der Waals surface area contributed by atoms with E-state index in [-0.39, 0.29) is 11.6 Å². The van der Waals surface area contributed by atoms with Crippen LogP contribution in [0.4, 0.5) is 0 Å². The second-order valence-corrected chi connectivity index (χ2v) is 4.83. The minimum absolute atomic E-state index is 0.0704. The van der Waals surface area contributed by atoms with Gasteiger partial charge in [-0.2, -0.15) is 5.10 Å². The van der Waals surface area contributed by atoms with Crippen LogP contribution in [0.5, 0.6) is 0 Å². The third-order valence-corrected chi connectivity index (χ3v) is 3.81. The zero-order valence-electron chi connectivity index (χ0n) is 10.4. The van der Waals surface area contributed by atoms with Crippen LogP contribution in [0.2, 0.25) is 0 Å². The Morgan fingerprint density at radius 1 is 1.62 bits per heavy atom. The van der Waals surface area contributed by atoms with Crippen molar-refractivity contribution in [1.82, 2.24) is 9.78 Å². The van der Waals surface area contributed by atoms with Crippen LogP contribution < -0.4 is 5.73 Å². The maximum absolute atomic E-state index is 6.27. The summed E-state index contributed by atoms with van der Waals surface area (Å²) in [4.78, 5) is 0.